The maximum absolute atomic E-state index is 12.8. The number of carbonyl (C=O) groups excluding carboxylic acids is 1. The first-order valence-corrected chi connectivity index (χ1v) is 10.4. The first kappa shape index (κ1) is 18.5. The summed E-state index contributed by atoms with van der Waals surface area (Å²) in [7, 11) is 0. The number of amides is 1. The van der Waals surface area contributed by atoms with Gasteiger partial charge in [-0.3, -0.25) is 4.79 Å². The van der Waals surface area contributed by atoms with Crippen molar-refractivity contribution in [2.45, 2.75) is 39.0 Å². The molecule has 0 spiro atoms. The molecule has 1 aliphatic carbocycles. The Hall–Kier alpha value is -1.89. The van der Waals surface area contributed by atoms with Crippen LogP contribution in [-0.2, 0) is 9.53 Å². The Morgan fingerprint density at radius 3 is 2.15 bits per heavy atom. The molecule has 0 unspecified atom stereocenters. The number of carbonyl (C=O) groups is 1. The lowest BCUT2D eigenvalue weighted by Crippen LogP contribution is -2.51. The summed E-state index contributed by atoms with van der Waals surface area (Å²) < 4.78 is 5.45. The Morgan fingerprint density at radius 1 is 0.926 bits per heavy atom. The SMILES string of the molecule is Cc1nc(N2CCOCC2)cc(N2CCN(C(=O)C3CCCCC3)CC2)n1. The molecule has 7 heteroatoms. The number of anilines is 2. The molecule has 4 rings (SSSR count). The van der Waals surface area contributed by atoms with Gasteiger partial charge in [0.2, 0.25) is 5.91 Å². The van der Waals surface area contributed by atoms with Crippen LogP contribution in [0.4, 0.5) is 11.6 Å². The fraction of sp³-hybridized carbons (Fsp3) is 0.750. The van der Waals surface area contributed by atoms with Crippen molar-refractivity contribution >= 4 is 17.5 Å². The predicted octanol–water partition coefficient (Wildman–Crippen LogP) is 1.85. The number of hydrogen-bond donors (Lipinski definition) is 0. The van der Waals surface area contributed by atoms with E-state index in [9.17, 15) is 4.79 Å². The first-order valence-electron chi connectivity index (χ1n) is 10.4. The highest BCUT2D eigenvalue weighted by Crippen LogP contribution is 2.27. The molecule has 148 valence electrons. The number of aromatic nitrogens is 2. The third kappa shape index (κ3) is 4.34. The number of ether oxygens (including phenoxy) is 1. The van der Waals surface area contributed by atoms with E-state index < -0.39 is 0 Å². The van der Waals surface area contributed by atoms with Gasteiger partial charge in [-0.15, -0.1) is 0 Å². The van der Waals surface area contributed by atoms with Crippen LogP contribution >= 0.6 is 0 Å². The zero-order valence-electron chi connectivity index (χ0n) is 16.4. The largest absolute Gasteiger partial charge is 0.378 e. The van der Waals surface area contributed by atoms with Crippen molar-refractivity contribution in [2.75, 3.05) is 62.3 Å². The van der Waals surface area contributed by atoms with Gasteiger partial charge in [-0.2, -0.15) is 0 Å². The zero-order valence-corrected chi connectivity index (χ0v) is 16.4. The van der Waals surface area contributed by atoms with E-state index in [0.29, 0.717) is 5.91 Å². The van der Waals surface area contributed by atoms with Crippen LogP contribution in [0.2, 0.25) is 0 Å². The van der Waals surface area contributed by atoms with Crippen molar-refractivity contribution in [3.8, 4) is 0 Å². The molecule has 3 heterocycles. The van der Waals surface area contributed by atoms with Gasteiger partial charge in [-0.05, 0) is 19.8 Å². The van der Waals surface area contributed by atoms with Crippen molar-refractivity contribution < 1.29 is 9.53 Å². The van der Waals surface area contributed by atoms with Gasteiger partial charge in [-0.25, -0.2) is 9.97 Å². The van der Waals surface area contributed by atoms with E-state index in [0.717, 1.165) is 82.8 Å². The second-order valence-corrected chi connectivity index (χ2v) is 7.88. The Bertz CT molecular complexity index is 648. The van der Waals surface area contributed by atoms with Crippen LogP contribution in [0.25, 0.3) is 0 Å². The normalized spacial score (nSPS) is 22.2. The summed E-state index contributed by atoms with van der Waals surface area (Å²) >= 11 is 0. The van der Waals surface area contributed by atoms with Gasteiger partial charge in [0.15, 0.2) is 0 Å². The smallest absolute Gasteiger partial charge is 0.225 e. The Kier molecular flexibility index (Phi) is 5.76. The molecule has 0 radical (unpaired) electrons. The van der Waals surface area contributed by atoms with Crippen molar-refractivity contribution in [2.24, 2.45) is 5.92 Å². The number of hydrogen-bond acceptors (Lipinski definition) is 6. The Balaban J connectivity index is 1.39. The number of rotatable bonds is 3. The molecule has 0 bridgehead atoms. The molecule has 0 aromatic carbocycles. The standard InChI is InChI=1S/C20H31N5O2/c1-16-21-18(15-19(22-16)24-11-13-27-14-12-24)23-7-9-25(10-8-23)20(26)17-5-3-2-4-6-17/h15,17H,2-14H2,1H3. The summed E-state index contributed by atoms with van der Waals surface area (Å²) in [5, 5.41) is 0. The Morgan fingerprint density at radius 2 is 1.52 bits per heavy atom. The molecular weight excluding hydrogens is 342 g/mol. The molecule has 1 saturated carbocycles. The van der Waals surface area contributed by atoms with Gasteiger partial charge in [0.25, 0.3) is 0 Å². The Labute approximate surface area is 161 Å². The quantitative estimate of drug-likeness (QED) is 0.806. The number of morpholine rings is 1. The van der Waals surface area contributed by atoms with E-state index in [1.165, 1.54) is 19.3 Å². The molecule has 1 aromatic heterocycles. The lowest BCUT2D eigenvalue weighted by atomic mass is 9.88. The third-order valence-corrected chi connectivity index (χ3v) is 6.02. The van der Waals surface area contributed by atoms with Crippen molar-refractivity contribution in [3.63, 3.8) is 0 Å². The van der Waals surface area contributed by atoms with Crippen LogP contribution in [0, 0.1) is 12.8 Å². The van der Waals surface area contributed by atoms with E-state index in [2.05, 4.69) is 30.7 Å². The fourth-order valence-corrected chi connectivity index (χ4v) is 4.42. The second kappa shape index (κ2) is 8.42. The van der Waals surface area contributed by atoms with Gasteiger partial charge in [0.05, 0.1) is 13.2 Å². The van der Waals surface area contributed by atoms with Crippen LogP contribution in [-0.4, -0.2) is 73.3 Å². The van der Waals surface area contributed by atoms with E-state index in [-0.39, 0.29) is 5.92 Å². The summed E-state index contributed by atoms with van der Waals surface area (Å²) in [4.78, 5) is 28.7. The van der Waals surface area contributed by atoms with Gasteiger partial charge < -0.3 is 19.4 Å². The monoisotopic (exact) mass is 373 g/mol. The van der Waals surface area contributed by atoms with Crippen LogP contribution in [0.1, 0.15) is 37.9 Å². The van der Waals surface area contributed by atoms with Gasteiger partial charge in [0, 0.05) is 51.3 Å². The molecule has 3 aliphatic rings. The molecule has 7 nitrogen and oxygen atoms in total. The minimum Gasteiger partial charge on any atom is -0.378 e. The molecule has 0 N–H and O–H groups in total. The van der Waals surface area contributed by atoms with Crippen molar-refractivity contribution in [1.29, 1.82) is 0 Å². The number of nitrogens with zero attached hydrogens (tertiary/aromatic N) is 5. The summed E-state index contributed by atoms with van der Waals surface area (Å²) in [5.41, 5.74) is 0. The topological polar surface area (TPSA) is 61.8 Å². The lowest BCUT2D eigenvalue weighted by molar-refractivity contribution is -0.136. The van der Waals surface area contributed by atoms with Gasteiger partial charge in [-0.1, -0.05) is 19.3 Å². The molecular formula is C20H31N5O2. The zero-order chi connectivity index (χ0) is 18.6. The molecule has 0 atom stereocenters. The average Bonchev–Trinajstić information content (AvgIpc) is 2.74. The summed E-state index contributed by atoms with van der Waals surface area (Å²) in [6, 6.07) is 2.09. The van der Waals surface area contributed by atoms with Gasteiger partial charge >= 0.3 is 0 Å². The maximum atomic E-state index is 12.8. The number of piperazine rings is 1. The van der Waals surface area contributed by atoms with E-state index >= 15 is 0 Å². The highest BCUT2D eigenvalue weighted by atomic mass is 16.5. The fourth-order valence-electron chi connectivity index (χ4n) is 4.42. The van der Waals surface area contributed by atoms with Crippen LogP contribution in [0.5, 0.6) is 0 Å². The average molecular weight is 374 g/mol. The van der Waals surface area contributed by atoms with Crippen LogP contribution in [0.15, 0.2) is 6.07 Å². The summed E-state index contributed by atoms with van der Waals surface area (Å²) in [6.45, 7) is 8.49. The lowest BCUT2D eigenvalue weighted by Gasteiger charge is -2.38. The molecule has 3 fully saturated rings. The molecule has 1 aromatic rings. The first-order chi connectivity index (χ1) is 13.2. The van der Waals surface area contributed by atoms with Crippen molar-refractivity contribution in [1.82, 2.24) is 14.9 Å². The van der Waals surface area contributed by atoms with E-state index in [4.69, 9.17) is 4.74 Å². The van der Waals surface area contributed by atoms with Crippen LogP contribution in [0.3, 0.4) is 0 Å². The molecule has 2 aliphatic heterocycles. The minimum atomic E-state index is 0.263. The highest BCUT2D eigenvalue weighted by molar-refractivity contribution is 5.79. The van der Waals surface area contributed by atoms with Crippen LogP contribution < -0.4 is 9.80 Å². The van der Waals surface area contributed by atoms with Gasteiger partial charge in [0.1, 0.15) is 17.5 Å². The molecule has 27 heavy (non-hydrogen) atoms. The summed E-state index contributed by atoms with van der Waals surface area (Å²) in [5.74, 6) is 3.41. The summed E-state index contributed by atoms with van der Waals surface area (Å²) in [6.07, 6.45) is 5.86. The highest BCUT2D eigenvalue weighted by Gasteiger charge is 2.29. The maximum Gasteiger partial charge on any atom is 0.225 e. The van der Waals surface area contributed by atoms with E-state index in [1.54, 1.807) is 0 Å². The van der Waals surface area contributed by atoms with E-state index in [1.807, 2.05) is 6.92 Å². The second-order valence-electron chi connectivity index (χ2n) is 7.88. The van der Waals surface area contributed by atoms with Crippen molar-refractivity contribution in [3.05, 3.63) is 11.9 Å². The molecule has 2 saturated heterocycles. The molecule has 1 amide bonds. The predicted molar refractivity (Wildman–Crippen MR) is 105 cm³/mol. The minimum absolute atomic E-state index is 0.263. The third-order valence-electron chi connectivity index (χ3n) is 6.02. The number of aryl methyl sites for hydroxylation is 1.